The van der Waals surface area contributed by atoms with E-state index < -0.39 is 5.97 Å². The minimum atomic E-state index is -0.411. The fourth-order valence-corrected chi connectivity index (χ4v) is 4.02. The highest BCUT2D eigenvalue weighted by Gasteiger charge is 2.24. The Balaban J connectivity index is 1.37. The number of piperidine rings is 1. The number of carbonyl (C=O) groups excluding carboxylic acids is 1. The van der Waals surface area contributed by atoms with Gasteiger partial charge in [0, 0.05) is 43.9 Å². The molecule has 0 N–H and O–H groups in total. The van der Waals surface area contributed by atoms with Crippen LogP contribution in [0.25, 0.3) is 11.3 Å². The number of hydrogen-bond donors (Lipinski definition) is 0. The zero-order valence-electron chi connectivity index (χ0n) is 20.0. The van der Waals surface area contributed by atoms with Gasteiger partial charge in [-0.15, -0.1) is 10.2 Å². The van der Waals surface area contributed by atoms with Crippen LogP contribution in [0, 0.1) is 0 Å². The lowest BCUT2D eigenvalue weighted by molar-refractivity contribution is 0.0526. The van der Waals surface area contributed by atoms with Crippen LogP contribution in [0.15, 0.2) is 48.9 Å². The van der Waals surface area contributed by atoms with Gasteiger partial charge in [0.1, 0.15) is 17.5 Å². The van der Waals surface area contributed by atoms with Crippen molar-refractivity contribution in [3.8, 4) is 17.0 Å². The number of esters is 1. The lowest BCUT2D eigenvalue weighted by Gasteiger charge is -2.32. The maximum atomic E-state index is 12.0. The molecule has 1 atom stereocenters. The average molecular weight is 462 g/mol. The van der Waals surface area contributed by atoms with Crippen molar-refractivity contribution in [3.63, 3.8) is 0 Å². The summed E-state index contributed by atoms with van der Waals surface area (Å²) in [6, 6.07) is 10.0. The summed E-state index contributed by atoms with van der Waals surface area (Å²) in [4.78, 5) is 22.7. The molecule has 8 heteroatoms. The van der Waals surface area contributed by atoms with Crippen LogP contribution in [0.1, 0.15) is 61.9 Å². The summed E-state index contributed by atoms with van der Waals surface area (Å²) in [6.07, 6.45) is 7.82. The van der Waals surface area contributed by atoms with Crippen molar-refractivity contribution in [2.24, 2.45) is 0 Å². The summed E-state index contributed by atoms with van der Waals surface area (Å²) in [5, 5.41) is 8.65. The Morgan fingerprint density at radius 3 is 2.62 bits per heavy atom. The summed E-state index contributed by atoms with van der Waals surface area (Å²) >= 11 is 0. The molecule has 3 heterocycles. The first-order valence-electron chi connectivity index (χ1n) is 11.9. The Labute approximate surface area is 200 Å². The minimum absolute atomic E-state index is 0.172. The van der Waals surface area contributed by atoms with Crippen LogP contribution in [-0.4, -0.2) is 51.9 Å². The molecule has 0 aliphatic carbocycles. The van der Waals surface area contributed by atoms with E-state index in [4.69, 9.17) is 9.47 Å². The molecule has 8 nitrogen and oxygen atoms in total. The molecular formula is C26H31N5O3. The molecular weight excluding hydrogens is 430 g/mol. The first-order chi connectivity index (χ1) is 16.6. The number of aromatic nitrogens is 4. The molecule has 0 bridgehead atoms. The molecule has 1 aliphatic heterocycles. The molecule has 1 aromatic carbocycles. The lowest BCUT2D eigenvalue weighted by atomic mass is 9.97. The first-order valence-corrected chi connectivity index (χ1v) is 11.9. The van der Waals surface area contributed by atoms with Crippen molar-refractivity contribution in [2.75, 3.05) is 24.6 Å². The van der Waals surface area contributed by atoms with E-state index in [1.54, 1.807) is 25.4 Å². The lowest BCUT2D eigenvalue weighted by Crippen LogP contribution is -2.39. The molecule has 1 aliphatic rings. The predicted molar refractivity (Wildman–Crippen MR) is 130 cm³/mol. The summed E-state index contributed by atoms with van der Waals surface area (Å²) < 4.78 is 11.4. The predicted octanol–water partition coefficient (Wildman–Crippen LogP) is 4.67. The maximum absolute atomic E-state index is 12.0. The van der Waals surface area contributed by atoms with E-state index in [-0.39, 0.29) is 6.10 Å². The van der Waals surface area contributed by atoms with Gasteiger partial charge in [0.15, 0.2) is 0 Å². The van der Waals surface area contributed by atoms with E-state index in [1.165, 1.54) is 11.8 Å². The van der Waals surface area contributed by atoms with E-state index in [9.17, 15) is 4.79 Å². The number of benzene rings is 1. The van der Waals surface area contributed by atoms with Gasteiger partial charge in [0.2, 0.25) is 5.95 Å². The highest BCUT2D eigenvalue weighted by Crippen LogP contribution is 2.31. The molecule has 178 valence electrons. The monoisotopic (exact) mass is 461 g/mol. The highest BCUT2D eigenvalue weighted by molar-refractivity contribution is 5.90. The molecule has 1 unspecified atom stereocenters. The second-order valence-electron chi connectivity index (χ2n) is 8.48. The van der Waals surface area contributed by atoms with Crippen molar-refractivity contribution in [1.82, 2.24) is 20.2 Å². The van der Waals surface area contributed by atoms with Gasteiger partial charge >= 0.3 is 5.97 Å². The summed E-state index contributed by atoms with van der Waals surface area (Å²) in [6.45, 7) is 8.12. The van der Waals surface area contributed by atoms with Crippen LogP contribution in [0.5, 0.6) is 5.75 Å². The van der Waals surface area contributed by atoms with Gasteiger partial charge in [-0.05, 0) is 37.0 Å². The normalized spacial score (nSPS) is 15.1. The fraction of sp³-hybridized carbons (Fsp3) is 0.423. The number of carbonyl (C=O) groups is 1. The molecule has 1 fully saturated rings. The number of anilines is 1. The van der Waals surface area contributed by atoms with Crippen molar-refractivity contribution in [2.45, 2.75) is 52.1 Å². The van der Waals surface area contributed by atoms with Gasteiger partial charge in [-0.1, -0.05) is 32.0 Å². The van der Waals surface area contributed by atoms with Gasteiger partial charge in [-0.2, -0.15) is 0 Å². The van der Waals surface area contributed by atoms with E-state index >= 15 is 0 Å². The number of hydrogen-bond acceptors (Lipinski definition) is 8. The summed E-state index contributed by atoms with van der Waals surface area (Å²) in [5.74, 6) is 1.65. The fourth-order valence-electron chi connectivity index (χ4n) is 4.02. The number of rotatable bonds is 8. The molecule has 3 aromatic rings. The standard InChI is InChI=1S/C26H31N5O3/c1-4-18(3)22-8-6-7-9-24(22)34-21-10-12-31(13-11-21)26-28-17-23(29-30-26)19-14-20(16-27-15-19)25(32)33-5-2/h6-9,14-18,21H,4-5,10-13H2,1-3H3. The molecule has 0 amide bonds. The third kappa shape index (κ3) is 5.50. The quantitative estimate of drug-likeness (QED) is 0.447. The Hall–Kier alpha value is -3.55. The third-order valence-corrected chi connectivity index (χ3v) is 6.18. The van der Waals surface area contributed by atoms with E-state index in [1.807, 2.05) is 6.07 Å². The topological polar surface area (TPSA) is 90.3 Å². The minimum Gasteiger partial charge on any atom is -0.490 e. The number of nitrogens with zero attached hydrogens (tertiary/aromatic N) is 5. The summed E-state index contributed by atoms with van der Waals surface area (Å²) in [5.41, 5.74) is 2.88. The average Bonchev–Trinajstić information content (AvgIpc) is 2.89. The van der Waals surface area contributed by atoms with E-state index in [0.717, 1.165) is 38.1 Å². The second-order valence-corrected chi connectivity index (χ2v) is 8.48. The Kier molecular flexibility index (Phi) is 7.67. The number of para-hydroxylation sites is 1. The molecule has 4 rings (SSSR count). The van der Waals surface area contributed by atoms with Gasteiger partial charge in [-0.3, -0.25) is 4.98 Å². The second kappa shape index (κ2) is 11.0. The molecule has 0 saturated carbocycles. The Morgan fingerprint density at radius 2 is 1.91 bits per heavy atom. The Morgan fingerprint density at radius 1 is 1.12 bits per heavy atom. The smallest absolute Gasteiger partial charge is 0.339 e. The highest BCUT2D eigenvalue weighted by atomic mass is 16.5. The van der Waals surface area contributed by atoms with Gasteiger partial charge in [0.05, 0.1) is 18.4 Å². The third-order valence-electron chi connectivity index (χ3n) is 6.18. The van der Waals surface area contributed by atoms with Gasteiger partial charge < -0.3 is 14.4 Å². The Bertz CT molecular complexity index is 1100. The molecule has 2 aromatic heterocycles. The van der Waals surface area contributed by atoms with Crippen LogP contribution >= 0.6 is 0 Å². The van der Waals surface area contributed by atoms with E-state index in [2.05, 4.69) is 57.1 Å². The van der Waals surface area contributed by atoms with E-state index in [0.29, 0.717) is 35.3 Å². The maximum Gasteiger partial charge on any atom is 0.339 e. The molecule has 34 heavy (non-hydrogen) atoms. The van der Waals surface area contributed by atoms with Crippen LogP contribution in [0.3, 0.4) is 0 Å². The molecule has 0 radical (unpaired) electrons. The van der Waals surface area contributed by atoms with Crippen molar-refractivity contribution >= 4 is 11.9 Å². The summed E-state index contributed by atoms with van der Waals surface area (Å²) in [7, 11) is 0. The van der Waals surface area contributed by atoms with Crippen LogP contribution in [0.2, 0.25) is 0 Å². The zero-order chi connectivity index (χ0) is 23.9. The van der Waals surface area contributed by atoms with Crippen LogP contribution in [0.4, 0.5) is 5.95 Å². The van der Waals surface area contributed by atoms with Crippen LogP contribution in [-0.2, 0) is 4.74 Å². The number of ether oxygens (including phenoxy) is 2. The molecule has 1 saturated heterocycles. The molecule has 0 spiro atoms. The SMILES string of the molecule is CCOC(=O)c1cncc(-c2cnc(N3CCC(Oc4ccccc4C(C)CC)CC3)nn2)c1. The van der Waals surface area contributed by atoms with Crippen molar-refractivity contribution < 1.29 is 14.3 Å². The zero-order valence-corrected chi connectivity index (χ0v) is 20.0. The van der Waals surface area contributed by atoms with Gasteiger partial charge in [0.25, 0.3) is 0 Å². The van der Waals surface area contributed by atoms with Gasteiger partial charge in [-0.25, -0.2) is 9.78 Å². The van der Waals surface area contributed by atoms with Crippen molar-refractivity contribution in [3.05, 3.63) is 60.0 Å². The van der Waals surface area contributed by atoms with Crippen molar-refractivity contribution in [1.29, 1.82) is 0 Å². The largest absolute Gasteiger partial charge is 0.490 e. The number of pyridine rings is 1. The van der Waals surface area contributed by atoms with Crippen LogP contribution < -0.4 is 9.64 Å². The first kappa shape index (κ1) is 23.6.